The Morgan fingerprint density at radius 1 is 0.900 bits per heavy atom. The number of benzene rings is 3. The number of aryl methyl sites for hydroxylation is 2. The number of carbonyl (C=O) groups is 2. The fourth-order valence-electron chi connectivity index (χ4n) is 3.46. The predicted octanol–water partition coefficient (Wildman–Crippen LogP) is 5.72. The van der Waals surface area contributed by atoms with E-state index in [1.807, 2.05) is 79.7 Å². The van der Waals surface area contributed by atoms with E-state index < -0.39 is 0 Å². The van der Waals surface area contributed by atoms with Gasteiger partial charge in [-0.15, -0.1) is 0 Å². The van der Waals surface area contributed by atoms with Crippen LogP contribution in [0.15, 0.2) is 83.0 Å². The van der Waals surface area contributed by atoms with Gasteiger partial charge in [0.05, 0.1) is 11.3 Å². The van der Waals surface area contributed by atoms with Crippen LogP contribution in [0.2, 0.25) is 0 Å². The molecule has 0 saturated heterocycles. The van der Waals surface area contributed by atoms with Gasteiger partial charge in [-0.25, -0.2) is 4.90 Å². The molecule has 0 bridgehead atoms. The lowest BCUT2D eigenvalue weighted by Crippen LogP contribution is -2.32. The minimum atomic E-state index is -0.361. The molecule has 4 rings (SSSR count). The lowest BCUT2D eigenvalue weighted by atomic mass is 10.0. The van der Waals surface area contributed by atoms with Crippen LogP contribution >= 0.6 is 15.9 Å². The Morgan fingerprint density at radius 2 is 1.60 bits per heavy atom. The summed E-state index contributed by atoms with van der Waals surface area (Å²) in [4.78, 5) is 28.1. The van der Waals surface area contributed by atoms with E-state index in [1.54, 1.807) is 0 Å². The van der Waals surface area contributed by atoms with Gasteiger partial charge in [-0.3, -0.25) is 9.59 Å². The van der Waals surface area contributed by atoms with Gasteiger partial charge in [-0.2, -0.15) is 0 Å². The van der Waals surface area contributed by atoms with Gasteiger partial charge in [0, 0.05) is 10.2 Å². The Kier molecular flexibility index (Phi) is 5.55. The van der Waals surface area contributed by atoms with E-state index >= 15 is 0 Å². The minimum Gasteiger partial charge on any atom is -0.350 e. The van der Waals surface area contributed by atoms with E-state index in [0.29, 0.717) is 16.8 Å². The van der Waals surface area contributed by atoms with Crippen molar-refractivity contribution in [3.05, 3.63) is 99.7 Å². The molecule has 30 heavy (non-hydrogen) atoms. The van der Waals surface area contributed by atoms with Crippen LogP contribution in [0.25, 0.3) is 5.57 Å². The summed E-state index contributed by atoms with van der Waals surface area (Å²) in [5.74, 6) is -0.689. The van der Waals surface area contributed by atoms with Crippen LogP contribution in [-0.4, -0.2) is 11.8 Å². The third-order valence-corrected chi connectivity index (χ3v) is 5.61. The van der Waals surface area contributed by atoms with Crippen molar-refractivity contribution in [1.29, 1.82) is 0 Å². The highest BCUT2D eigenvalue weighted by atomic mass is 79.9. The standard InChI is InChI=1S/C25H21BrN2O2/c1-3-17-9-13-21(14-10-17)28-24(29)22(18-11-7-16(2)8-12-18)23(25(28)30)27-20-6-4-5-19(26)15-20/h4-15,27H,3H2,1-2H3. The molecule has 150 valence electrons. The summed E-state index contributed by atoms with van der Waals surface area (Å²) >= 11 is 3.45. The van der Waals surface area contributed by atoms with Crippen molar-refractivity contribution >= 4 is 44.7 Å². The SMILES string of the molecule is CCc1ccc(N2C(=O)C(Nc3cccc(Br)c3)=C(c3ccc(C)cc3)C2=O)cc1. The van der Waals surface area contributed by atoms with E-state index in [2.05, 4.69) is 28.2 Å². The van der Waals surface area contributed by atoms with Crippen LogP contribution in [0, 0.1) is 6.92 Å². The second-order valence-corrected chi connectivity index (χ2v) is 8.13. The van der Waals surface area contributed by atoms with Crippen molar-refractivity contribution in [1.82, 2.24) is 0 Å². The third kappa shape index (κ3) is 3.81. The summed E-state index contributed by atoms with van der Waals surface area (Å²) in [6, 6.07) is 22.7. The monoisotopic (exact) mass is 460 g/mol. The fraction of sp³-hybridized carbons (Fsp3) is 0.120. The summed E-state index contributed by atoms with van der Waals surface area (Å²) in [5, 5.41) is 3.18. The Balaban J connectivity index is 1.80. The lowest BCUT2D eigenvalue weighted by Gasteiger charge is -2.16. The van der Waals surface area contributed by atoms with Crippen LogP contribution in [0.1, 0.15) is 23.6 Å². The van der Waals surface area contributed by atoms with Crippen molar-refractivity contribution < 1.29 is 9.59 Å². The van der Waals surface area contributed by atoms with Crippen molar-refractivity contribution in [3.8, 4) is 0 Å². The van der Waals surface area contributed by atoms with Gasteiger partial charge in [0.2, 0.25) is 0 Å². The third-order valence-electron chi connectivity index (χ3n) is 5.12. The number of rotatable bonds is 5. The van der Waals surface area contributed by atoms with Crippen LogP contribution in [0.3, 0.4) is 0 Å². The predicted molar refractivity (Wildman–Crippen MR) is 124 cm³/mol. The van der Waals surface area contributed by atoms with E-state index in [9.17, 15) is 9.59 Å². The molecule has 1 N–H and O–H groups in total. The summed E-state index contributed by atoms with van der Waals surface area (Å²) in [6.07, 6.45) is 0.894. The smallest absolute Gasteiger partial charge is 0.282 e. The first-order chi connectivity index (χ1) is 14.5. The van der Waals surface area contributed by atoms with E-state index in [4.69, 9.17) is 0 Å². The molecule has 5 heteroatoms. The summed E-state index contributed by atoms with van der Waals surface area (Å²) in [6.45, 7) is 4.06. The highest BCUT2D eigenvalue weighted by Crippen LogP contribution is 2.34. The molecule has 2 amide bonds. The van der Waals surface area contributed by atoms with Crippen molar-refractivity contribution in [3.63, 3.8) is 0 Å². The maximum atomic E-state index is 13.4. The van der Waals surface area contributed by atoms with Crippen molar-refractivity contribution in [2.75, 3.05) is 10.2 Å². The highest BCUT2D eigenvalue weighted by Gasteiger charge is 2.40. The first kappa shape index (κ1) is 20.1. The molecule has 1 heterocycles. The van der Waals surface area contributed by atoms with Gasteiger partial charge in [-0.05, 0) is 54.8 Å². The number of imide groups is 1. The van der Waals surface area contributed by atoms with E-state index in [0.717, 1.165) is 27.7 Å². The van der Waals surface area contributed by atoms with Crippen LogP contribution in [0.4, 0.5) is 11.4 Å². The Labute approximate surface area is 184 Å². The van der Waals surface area contributed by atoms with Crippen LogP contribution in [-0.2, 0) is 16.0 Å². The second-order valence-electron chi connectivity index (χ2n) is 7.22. The molecule has 0 unspecified atom stereocenters. The zero-order valence-corrected chi connectivity index (χ0v) is 18.4. The number of hydrogen-bond donors (Lipinski definition) is 1. The van der Waals surface area contributed by atoms with Gasteiger partial charge in [0.1, 0.15) is 5.70 Å². The normalized spacial score (nSPS) is 13.9. The number of hydrogen-bond acceptors (Lipinski definition) is 3. The van der Waals surface area contributed by atoms with Gasteiger partial charge >= 0.3 is 0 Å². The molecule has 0 radical (unpaired) electrons. The molecule has 0 aliphatic carbocycles. The molecule has 0 aromatic heterocycles. The number of halogens is 1. The molecule has 3 aromatic rings. The second kappa shape index (κ2) is 8.28. The number of anilines is 2. The summed E-state index contributed by atoms with van der Waals surface area (Å²) in [5.41, 5.74) is 4.90. The highest BCUT2D eigenvalue weighted by molar-refractivity contribution is 9.10. The average Bonchev–Trinajstić information content (AvgIpc) is 2.98. The van der Waals surface area contributed by atoms with Crippen molar-refractivity contribution in [2.24, 2.45) is 0 Å². The van der Waals surface area contributed by atoms with Crippen LogP contribution < -0.4 is 10.2 Å². The van der Waals surface area contributed by atoms with Gasteiger partial charge < -0.3 is 5.32 Å². The quantitative estimate of drug-likeness (QED) is 0.495. The minimum absolute atomic E-state index is 0.279. The Morgan fingerprint density at radius 3 is 2.23 bits per heavy atom. The lowest BCUT2D eigenvalue weighted by molar-refractivity contribution is -0.120. The average molecular weight is 461 g/mol. The molecular weight excluding hydrogens is 440 g/mol. The maximum absolute atomic E-state index is 13.4. The zero-order valence-electron chi connectivity index (χ0n) is 16.8. The molecule has 1 aliphatic heterocycles. The molecule has 3 aromatic carbocycles. The number of amides is 2. The molecular formula is C25H21BrN2O2. The molecule has 0 atom stereocenters. The largest absolute Gasteiger partial charge is 0.350 e. The zero-order chi connectivity index (χ0) is 21.3. The first-order valence-electron chi connectivity index (χ1n) is 9.79. The topological polar surface area (TPSA) is 49.4 Å². The molecule has 1 aliphatic rings. The number of nitrogens with one attached hydrogen (secondary N) is 1. The first-order valence-corrected chi connectivity index (χ1v) is 10.6. The van der Waals surface area contributed by atoms with Crippen LogP contribution in [0.5, 0.6) is 0 Å². The number of nitrogens with zero attached hydrogens (tertiary/aromatic N) is 1. The van der Waals surface area contributed by atoms with E-state index in [1.165, 1.54) is 4.90 Å². The molecule has 0 saturated carbocycles. The maximum Gasteiger partial charge on any atom is 0.282 e. The van der Waals surface area contributed by atoms with Gasteiger partial charge in [0.15, 0.2) is 0 Å². The molecule has 4 nitrogen and oxygen atoms in total. The van der Waals surface area contributed by atoms with E-state index in [-0.39, 0.29) is 17.5 Å². The Hall–Kier alpha value is -3.18. The summed E-state index contributed by atoms with van der Waals surface area (Å²) in [7, 11) is 0. The van der Waals surface area contributed by atoms with Crippen molar-refractivity contribution in [2.45, 2.75) is 20.3 Å². The molecule has 0 fully saturated rings. The van der Waals surface area contributed by atoms with Gasteiger partial charge in [0.25, 0.3) is 11.8 Å². The fourth-order valence-corrected chi connectivity index (χ4v) is 3.86. The summed E-state index contributed by atoms with van der Waals surface area (Å²) < 4.78 is 0.883. The number of carbonyl (C=O) groups excluding carboxylic acids is 2. The molecule has 0 spiro atoms. The Bertz CT molecular complexity index is 1150. The van der Waals surface area contributed by atoms with Gasteiger partial charge in [-0.1, -0.05) is 70.9 Å².